The van der Waals surface area contributed by atoms with Crippen molar-refractivity contribution in [3.05, 3.63) is 23.3 Å². The summed E-state index contributed by atoms with van der Waals surface area (Å²) in [6, 6.07) is 3.76. The van der Waals surface area contributed by atoms with Crippen LogP contribution in [0.25, 0.3) is 11.1 Å². The smallest absolute Gasteiger partial charge is 0.309 e. The molecule has 0 spiro atoms. The Bertz CT molecular complexity index is 1040. The molecule has 2 aliphatic heterocycles. The van der Waals surface area contributed by atoms with Crippen LogP contribution in [0.2, 0.25) is 0 Å². The first-order chi connectivity index (χ1) is 15.1. The number of esters is 1. The maximum absolute atomic E-state index is 12.4. The lowest BCUT2D eigenvalue weighted by molar-refractivity contribution is -0.141. The van der Waals surface area contributed by atoms with E-state index in [0.29, 0.717) is 53.9 Å². The molecular formula is C23H24O8. The van der Waals surface area contributed by atoms with E-state index < -0.39 is 0 Å². The maximum atomic E-state index is 12.4. The second kappa shape index (κ2) is 7.44. The van der Waals surface area contributed by atoms with Crippen LogP contribution in [0.5, 0.6) is 34.5 Å². The lowest BCUT2D eigenvalue weighted by Gasteiger charge is -2.29. The summed E-state index contributed by atoms with van der Waals surface area (Å²) in [4.78, 5) is 12.4. The zero-order valence-corrected chi connectivity index (χ0v) is 17.9. The van der Waals surface area contributed by atoms with Crippen molar-refractivity contribution in [2.75, 3.05) is 41.8 Å². The van der Waals surface area contributed by atoms with Crippen molar-refractivity contribution >= 4 is 5.97 Å². The number of ether oxygens (including phenoxy) is 7. The number of fused-ring (bicyclic) bond motifs is 3. The third-order valence-electron chi connectivity index (χ3n) is 6.35. The van der Waals surface area contributed by atoms with Gasteiger partial charge in [0.15, 0.2) is 23.0 Å². The molecule has 8 nitrogen and oxygen atoms in total. The average Bonchev–Trinajstić information content (AvgIpc) is 3.42. The topological polar surface area (TPSA) is 81.7 Å². The van der Waals surface area contributed by atoms with Gasteiger partial charge in [-0.05, 0) is 36.1 Å². The molecule has 1 saturated heterocycles. The Balaban J connectivity index is 1.78. The monoisotopic (exact) mass is 428 g/mol. The van der Waals surface area contributed by atoms with E-state index in [0.717, 1.165) is 22.3 Å². The van der Waals surface area contributed by atoms with Crippen LogP contribution in [0.3, 0.4) is 0 Å². The molecule has 0 saturated carbocycles. The average molecular weight is 428 g/mol. The fraction of sp³-hybridized carbons (Fsp3) is 0.435. The van der Waals surface area contributed by atoms with Crippen LogP contribution >= 0.6 is 0 Å². The van der Waals surface area contributed by atoms with Gasteiger partial charge in [0, 0.05) is 17.0 Å². The van der Waals surface area contributed by atoms with Crippen LogP contribution in [0.15, 0.2) is 12.1 Å². The summed E-state index contributed by atoms with van der Waals surface area (Å²) in [6.07, 6.45) is 1.21. The first-order valence-corrected chi connectivity index (χ1v) is 10.1. The number of hydrogen-bond acceptors (Lipinski definition) is 8. The van der Waals surface area contributed by atoms with Crippen molar-refractivity contribution < 1.29 is 38.0 Å². The summed E-state index contributed by atoms with van der Waals surface area (Å²) in [6.45, 7) is 0.529. The van der Waals surface area contributed by atoms with Gasteiger partial charge in [0.2, 0.25) is 18.3 Å². The van der Waals surface area contributed by atoms with Crippen molar-refractivity contribution in [1.82, 2.24) is 0 Å². The molecule has 1 aliphatic carbocycles. The van der Waals surface area contributed by atoms with Gasteiger partial charge in [-0.25, -0.2) is 0 Å². The standard InChI is InChI=1S/C23H24O8/c1-25-16-6-11(7-17(26-2)20(16)28-4)18-14-8-13-12(9-29-23(13)24)5-15(14)19(27-3)22-21(18)30-10-31-22/h6-7,12-13H,5,8-10H2,1-4H3. The van der Waals surface area contributed by atoms with Crippen LogP contribution in [-0.2, 0) is 22.4 Å². The molecule has 8 heteroatoms. The van der Waals surface area contributed by atoms with Crippen LogP contribution in [-0.4, -0.2) is 47.8 Å². The molecule has 0 amide bonds. The first kappa shape index (κ1) is 19.7. The molecule has 5 rings (SSSR count). The lowest BCUT2D eigenvalue weighted by atomic mass is 9.74. The lowest BCUT2D eigenvalue weighted by Crippen LogP contribution is -2.27. The van der Waals surface area contributed by atoms with Gasteiger partial charge in [0.05, 0.1) is 41.0 Å². The minimum Gasteiger partial charge on any atom is -0.493 e. The van der Waals surface area contributed by atoms with Crippen molar-refractivity contribution in [3.8, 4) is 45.6 Å². The van der Waals surface area contributed by atoms with Gasteiger partial charge in [-0.3, -0.25) is 4.79 Å². The van der Waals surface area contributed by atoms with Gasteiger partial charge < -0.3 is 33.2 Å². The largest absolute Gasteiger partial charge is 0.493 e. The predicted molar refractivity (Wildman–Crippen MR) is 110 cm³/mol. The Kier molecular flexibility index (Phi) is 4.72. The molecule has 3 aliphatic rings. The summed E-state index contributed by atoms with van der Waals surface area (Å²) in [5.41, 5.74) is 3.69. The Labute approximate surface area is 179 Å². The molecule has 0 aromatic heterocycles. The summed E-state index contributed by atoms with van der Waals surface area (Å²) >= 11 is 0. The van der Waals surface area contributed by atoms with E-state index >= 15 is 0 Å². The molecule has 31 heavy (non-hydrogen) atoms. The third-order valence-corrected chi connectivity index (χ3v) is 6.35. The molecular weight excluding hydrogens is 404 g/mol. The van der Waals surface area contributed by atoms with Gasteiger partial charge >= 0.3 is 5.97 Å². The normalized spacial score (nSPS) is 20.6. The number of cyclic esters (lactones) is 1. The van der Waals surface area contributed by atoms with Gasteiger partial charge in [-0.1, -0.05) is 0 Å². The van der Waals surface area contributed by atoms with Gasteiger partial charge in [0.1, 0.15) is 0 Å². The van der Waals surface area contributed by atoms with E-state index in [9.17, 15) is 4.79 Å². The molecule has 0 bridgehead atoms. The maximum Gasteiger partial charge on any atom is 0.309 e. The van der Waals surface area contributed by atoms with Gasteiger partial charge in [0.25, 0.3) is 0 Å². The molecule has 0 N–H and O–H groups in total. The molecule has 1 fully saturated rings. The molecule has 164 valence electrons. The van der Waals surface area contributed by atoms with E-state index in [1.807, 2.05) is 12.1 Å². The van der Waals surface area contributed by atoms with Crippen LogP contribution in [0.1, 0.15) is 11.1 Å². The third kappa shape index (κ3) is 2.85. The molecule has 2 unspecified atom stereocenters. The van der Waals surface area contributed by atoms with E-state index in [1.165, 1.54) is 0 Å². The van der Waals surface area contributed by atoms with E-state index in [1.54, 1.807) is 28.4 Å². The number of carbonyl (C=O) groups is 1. The van der Waals surface area contributed by atoms with Crippen molar-refractivity contribution in [2.24, 2.45) is 11.8 Å². The molecule has 2 aromatic carbocycles. The zero-order chi connectivity index (χ0) is 21.7. The number of hydrogen-bond donors (Lipinski definition) is 0. The van der Waals surface area contributed by atoms with Crippen LogP contribution < -0.4 is 28.4 Å². The summed E-state index contributed by atoms with van der Waals surface area (Å²) in [5, 5.41) is 0. The minimum absolute atomic E-state index is 0.0981. The Hall–Kier alpha value is -3.29. The van der Waals surface area contributed by atoms with Crippen molar-refractivity contribution in [3.63, 3.8) is 0 Å². The number of carbonyl (C=O) groups excluding carboxylic acids is 1. The molecule has 2 aromatic rings. The quantitative estimate of drug-likeness (QED) is 0.673. The predicted octanol–water partition coefficient (Wildman–Crippen LogP) is 3.00. The molecule has 2 atom stereocenters. The minimum atomic E-state index is -0.182. The number of benzene rings is 2. The van der Waals surface area contributed by atoms with Gasteiger partial charge in [-0.15, -0.1) is 0 Å². The van der Waals surface area contributed by atoms with E-state index in [-0.39, 0.29) is 24.6 Å². The fourth-order valence-corrected chi connectivity index (χ4v) is 4.92. The second-order valence-electron chi connectivity index (χ2n) is 7.75. The Morgan fingerprint density at radius 2 is 1.48 bits per heavy atom. The van der Waals surface area contributed by atoms with Crippen molar-refractivity contribution in [2.45, 2.75) is 12.8 Å². The Morgan fingerprint density at radius 1 is 0.806 bits per heavy atom. The van der Waals surface area contributed by atoms with E-state index in [4.69, 9.17) is 33.2 Å². The zero-order valence-electron chi connectivity index (χ0n) is 17.9. The van der Waals surface area contributed by atoms with Crippen LogP contribution in [0, 0.1) is 11.8 Å². The highest BCUT2D eigenvalue weighted by Crippen LogP contribution is 2.56. The highest BCUT2D eigenvalue weighted by Gasteiger charge is 2.44. The number of rotatable bonds is 5. The highest BCUT2D eigenvalue weighted by atomic mass is 16.7. The Morgan fingerprint density at radius 3 is 2.13 bits per heavy atom. The summed E-state index contributed by atoms with van der Waals surface area (Å²) in [7, 11) is 6.34. The number of methoxy groups -OCH3 is 4. The molecule has 2 heterocycles. The summed E-state index contributed by atoms with van der Waals surface area (Å²) < 4.78 is 39.4. The summed E-state index contributed by atoms with van der Waals surface area (Å²) in [5.74, 6) is 3.19. The fourth-order valence-electron chi connectivity index (χ4n) is 4.92. The molecule has 0 radical (unpaired) electrons. The van der Waals surface area contributed by atoms with Gasteiger partial charge in [-0.2, -0.15) is 0 Å². The van der Waals surface area contributed by atoms with E-state index in [2.05, 4.69) is 0 Å². The van der Waals surface area contributed by atoms with Crippen LogP contribution in [0.4, 0.5) is 0 Å². The van der Waals surface area contributed by atoms with Crippen molar-refractivity contribution in [1.29, 1.82) is 0 Å². The second-order valence-corrected chi connectivity index (χ2v) is 7.75. The SMILES string of the molecule is COc1cc(-c2c3c(c(OC)c4c2OCO4)CC2COC(=O)C2C3)cc(OC)c1OC. The highest BCUT2D eigenvalue weighted by molar-refractivity contribution is 5.86. The first-order valence-electron chi connectivity index (χ1n) is 10.1.